The Hall–Kier alpha value is -2.97. The van der Waals surface area contributed by atoms with Crippen molar-refractivity contribution in [3.63, 3.8) is 0 Å². The summed E-state index contributed by atoms with van der Waals surface area (Å²) < 4.78 is 44.7. The number of β-amino-alcohol motifs (C(OH)–C–C–N with tert-alkyl or cyclic N) is 1. The number of nitro groups is 1. The van der Waals surface area contributed by atoms with Crippen molar-refractivity contribution in [2.24, 2.45) is 0 Å². The molecule has 0 bridgehead atoms. The average Bonchev–Trinajstić information content (AvgIpc) is 3.16. The number of hydrogen-bond donors (Lipinski definition) is 1. The van der Waals surface area contributed by atoms with Crippen LogP contribution < -0.4 is 0 Å². The number of nitrogens with zero attached hydrogens (tertiary/aromatic N) is 5. The number of hydrogen-bond acceptors (Lipinski definition) is 7. The molecule has 1 fully saturated rings. The first kappa shape index (κ1) is 27.6. The van der Waals surface area contributed by atoms with Crippen LogP contribution in [0.15, 0.2) is 41.3 Å². The fourth-order valence-electron chi connectivity index (χ4n) is 3.74. The van der Waals surface area contributed by atoms with E-state index >= 15 is 0 Å². The van der Waals surface area contributed by atoms with Gasteiger partial charge in [-0.25, -0.2) is 4.79 Å². The molecule has 0 unspecified atom stereocenters. The van der Waals surface area contributed by atoms with Crippen LogP contribution in [0.2, 0.25) is 0 Å². The second kappa shape index (κ2) is 11.4. The predicted molar refractivity (Wildman–Crippen MR) is 127 cm³/mol. The lowest BCUT2D eigenvalue weighted by molar-refractivity contribution is -0.389. The summed E-state index contributed by atoms with van der Waals surface area (Å²) in [4.78, 5) is 29.9. The van der Waals surface area contributed by atoms with Crippen molar-refractivity contribution in [1.29, 1.82) is 0 Å². The van der Waals surface area contributed by atoms with Gasteiger partial charge < -0.3 is 24.9 Å². The zero-order valence-electron chi connectivity index (χ0n) is 19.3. The van der Waals surface area contributed by atoms with Crippen molar-refractivity contribution >= 4 is 33.9 Å². The minimum atomic E-state index is -4.39. The Morgan fingerprint density at radius 2 is 1.86 bits per heavy atom. The van der Waals surface area contributed by atoms with E-state index < -0.39 is 28.4 Å². The van der Waals surface area contributed by atoms with E-state index in [0.717, 1.165) is 12.1 Å². The van der Waals surface area contributed by atoms with E-state index in [9.17, 15) is 33.2 Å². The van der Waals surface area contributed by atoms with E-state index in [-0.39, 0.29) is 30.2 Å². The van der Waals surface area contributed by atoms with Crippen LogP contribution in [-0.2, 0) is 17.5 Å². The first-order valence-electron chi connectivity index (χ1n) is 10.9. The highest BCUT2D eigenvalue weighted by molar-refractivity contribution is 9.10. The summed E-state index contributed by atoms with van der Waals surface area (Å²) in [6, 6.07) is 4.64. The number of alkyl halides is 3. The molecule has 1 atom stereocenters. The fraction of sp³-hybridized carbons (Fsp3) is 0.455. The number of benzene rings is 1. The van der Waals surface area contributed by atoms with Gasteiger partial charge >= 0.3 is 18.1 Å². The normalized spacial score (nSPS) is 16.8. The summed E-state index contributed by atoms with van der Waals surface area (Å²) in [6.45, 7) is 3.73. The molecule has 2 aromatic rings. The van der Waals surface area contributed by atoms with Gasteiger partial charge in [0.1, 0.15) is 12.8 Å². The number of carbonyl (C=O) groups is 1. The molecule has 0 radical (unpaired) electrons. The highest BCUT2D eigenvalue weighted by atomic mass is 79.9. The van der Waals surface area contributed by atoms with Crippen LogP contribution in [0, 0.1) is 10.1 Å². The molecule has 1 aromatic carbocycles. The number of imidazole rings is 1. The molecule has 1 aromatic heterocycles. The molecule has 10 nitrogen and oxygen atoms in total. The van der Waals surface area contributed by atoms with E-state index in [0.29, 0.717) is 31.7 Å². The molecule has 0 spiro atoms. The van der Waals surface area contributed by atoms with Crippen molar-refractivity contribution in [3.05, 3.63) is 62.5 Å². The number of ether oxygens (including phenoxy) is 1. The van der Waals surface area contributed by atoms with Crippen LogP contribution >= 0.6 is 15.9 Å². The van der Waals surface area contributed by atoms with Gasteiger partial charge in [0.2, 0.25) is 0 Å². The summed E-state index contributed by atoms with van der Waals surface area (Å²) in [6.07, 6.45) is -0.530. The van der Waals surface area contributed by atoms with Gasteiger partial charge in [0.15, 0.2) is 0 Å². The minimum Gasteiger partial charge on any atom is -0.445 e. The number of piperazine rings is 1. The smallest absolute Gasteiger partial charge is 0.416 e. The van der Waals surface area contributed by atoms with Crippen molar-refractivity contribution in [2.45, 2.75) is 25.2 Å². The average molecular weight is 576 g/mol. The quantitative estimate of drug-likeness (QED) is 0.376. The van der Waals surface area contributed by atoms with Crippen LogP contribution in [0.25, 0.3) is 6.08 Å². The molecular weight excluding hydrogens is 551 g/mol. The third-order valence-corrected chi connectivity index (χ3v) is 6.09. The maximum atomic E-state index is 12.6. The Balaban J connectivity index is 1.41. The number of amides is 1. The zero-order valence-corrected chi connectivity index (χ0v) is 20.9. The third-order valence-electron chi connectivity index (χ3n) is 5.46. The molecule has 3 rings (SSSR count). The standard InChI is InChI=1S/C22H25BrF3N5O5/c1-21(33,15-30-13-18(31(34)35)27-19(30)23)14-28-8-10-29(11-9-28)20(32)36-12-2-3-16-4-6-17(7-5-16)22(24,25)26/h2-7,13,33H,8-12,14-15H2,1H3/b3-2+/t21-/m0/s1. The second-order valence-electron chi connectivity index (χ2n) is 8.61. The van der Waals surface area contributed by atoms with Crippen LogP contribution in [0.3, 0.4) is 0 Å². The van der Waals surface area contributed by atoms with Crippen molar-refractivity contribution in [1.82, 2.24) is 19.4 Å². The lowest BCUT2D eigenvalue weighted by Crippen LogP contribution is -2.53. The van der Waals surface area contributed by atoms with Gasteiger partial charge in [-0.2, -0.15) is 13.2 Å². The molecule has 1 saturated heterocycles. The van der Waals surface area contributed by atoms with E-state index in [4.69, 9.17) is 4.74 Å². The van der Waals surface area contributed by atoms with Crippen LogP contribution in [0.1, 0.15) is 18.1 Å². The van der Waals surface area contributed by atoms with Gasteiger partial charge in [-0.15, -0.1) is 0 Å². The molecular formula is C22H25BrF3N5O5. The topological polar surface area (TPSA) is 114 Å². The lowest BCUT2D eigenvalue weighted by Gasteiger charge is -2.37. The number of rotatable bonds is 8. The number of carbonyl (C=O) groups excluding carboxylic acids is 1. The zero-order chi connectivity index (χ0) is 26.5. The van der Waals surface area contributed by atoms with Gasteiger partial charge in [-0.1, -0.05) is 18.2 Å². The molecule has 1 aliphatic rings. The van der Waals surface area contributed by atoms with E-state index in [1.54, 1.807) is 19.1 Å². The van der Waals surface area contributed by atoms with Crippen molar-refractivity contribution in [2.75, 3.05) is 39.3 Å². The largest absolute Gasteiger partial charge is 0.445 e. The van der Waals surface area contributed by atoms with E-state index in [1.807, 2.05) is 4.90 Å². The summed E-state index contributed by atoms with van der Waals surface area (Å²) in [5, 5.41) is 21.7. The van der Waals surface area contributed by atoms with Gasteiger partial charge in [0.05, 0.1) is 17.7 Å². The predicted octanol–water partition coefficient (Wildman–Crippen LogP) is 3.79. The van der Waals surface area contributed by atoms with Gasteiger partial charge in [-0.3, -0.25) is 9.47 Å². The van der Waals surface area contributed by atoms with E-state index in [2.05, 4.69) is 20.9 Å². The maximum absolute atomic E-state index is 12.6. The molecule has 1 N–H and O–H groups in total. The summed E-state index contributed by atoms with van der Waals surface area (Å²) >= 11 is 3.15. The monoisotopic (exact) mass is 575 g/mol. The lowest BCUT2D eigenvalue weighted by atomic mass is 10.1. The first-order chi connectivity index (χ1) is 16.8. The number of halogens is 4. The summed E-state index contributed by atoms with van der Waals surface area (Å²) in [5.74, 6) is -0.320. The van der Waals surface area contributed by atoms with Gasteiger partial charge in [0.25, 0.3) is 4.73 Å². The Bertz CT molecular complexity index is 1100. The Labute approximate surface area is 213 Å². The number of aromatic nitrogens is 2. The maximum Gasteiger partial charge on any atom is 0.416 e. The van der Waals surface area contributed by atoms with Crippen molar-refractivity contribution < 1.29 is 32.7 Å². The molecule has 0 saturated carbocycles. The Morgan fingerprint density at radius 1 is 1.22 bits per heavy atom. The highest BCUT2D eigenvalue weighted by Crippen LogP contribution is 2.29. The van der Waals surface area contributed by atoms with Crippen molar-refractivity contribution in [3.8, 4) is 0 Å². The molecule has 1 aliphatic heterocycles. The molecule has 2 heterocycles. The molecule has 14 heteroatoms. The molecule has 196 valence electrons. The van der Waals surface area contributed by atoms with Gasteiger partial charge in [0, 0.05) is 48.7 Å². The fourth-order valence-corrected chi connectivity index (χ4v) is 4.15. The van der Waals surface area contributed by atoms with Gasteiger partial charge in [-0.05, 0) is 40.6 Å². The molecule has 1 amide bonds. The Morgan fingerprint density at radius 3 is 2.42 bits per heavy atom. The first-order valence-corrected chi connectivity index (χ1v) is 11.7. The SMILES string of the molecule is C[C@](O)(CN1CCN(C(=O)OC/C=C/c2ccc(C(F)(F)F)cc2)CC1)Cn1cc([N+](=O)[O-])nc1Br. The summed E-state index contributed by atoms with van der Waals surface area (Å²) in [5.41, 5.74) is -1.38. The minimum absolute atomic E-state index is 0.0271. The summed E-state index contributed by atoms with van der Waals surface area (Å²) in [7, 11) is 0. The Kier molecular flexibility index (Phi) is 8.74. The molecule has 0 aliphatic carbocycles. The highest BCUT2D eigenvalue weighted by Gasteiger charge is 2.31. The van der Waals surface area contributed by atoms with Crippen LogP contribution in [0.4, 0.5) is 23.8 Å². The third kappa shape index (κ3) is 7.77. The number of aliphatic hydroxyl groups is 1. The molecule has 36 heavy (non-hydrogen) atoms. The van der Waals surface area contributed by atoms with Crippen LogP contribution in [-0.4, -0.2) is 80.4 Å². The van der Waals surface area contributed by atoms with E-state index in [1.165, 1.54) is 27.8 Å². The van der Waals surface area contributed by atoms with Crippen LogP contribution in [0.5, 0.6) is 0 Å². The second-order valence-corrected chi connectivity index (χ2v) is 9.32.